The first-order chi connectivity index (χ1) is 7.70. The third-order valence-corrected chi connectivity index (χ3v) is 2.08. The third kappa shape index (κ3) is 1.78. The molecule has 1 aromatic carbocycles. The Labute approximate surface area is 90.3 Å². The molecule has 0 saturated carbocycles. The van der Waals surface area contributed by atoms with Crippen molar-refractivity contribution in [3.8, 4) is 0 Å². The fraction of sp³-hybridized carbons (Fsp3) is 0.100. The molecular formula is C10H9N3O3. The molecule has 2 rings (SSSR count). The van der Waals surface area contributed by atoms with Crippen molar-refractivity contribution in [2.75, 3.05) is 11.2 Å². The Hall–Kier alpha value is -2.21. The fourth-order valence-electron chi connectivity index (χ4n) is 1.19. The number of rotatable bonds is 4. The molecule has 0 saturated heterocycles. The van der Waals surface area contributed by atoms with E-state index in [-0.39, 0.29) is 18.0 Å². The summed E-state index contributed by atoms with van der Waals surface area (Å²) in [6.45, 7) is 0.228. The lowest BCUT2D eigenvalue weighted by molar-refractivity contribution is 0.179. The van der Waals surface area contributed by atoms with Gasteiger partial charge in [0, 0.05) is 12.4 Å². The van der Waals surface area contributed by atoms with Gasteiger partial charge in [0.1, 0.15) is 18.0 Å². The summed E-state index contributed by atoms with van der Waals surface area (Å²) in [6.07, 6.45) is 3.28. The van der Waals surface area contributed by atoms with E-state index in [0.29, 0.717) is 0 Å². The molecule has 0 radical (unpaired) electrons. The second-order valence-electron chi connectivity index (χ2n) is 3.20. The van der Waals surface area contributed by atoms with Crippen LogP contribution in [0.2, 0.25) is 0 Å². The number of anilines is 2. The zero-order valence-corrected chi connectivity index (χ0v) is 8.27. The molecule has 82 valence electrons. The van der Waals surface area contributed by atoms with Gasteiger partial charge in [-0.1, -0.05) is 6.07 Å². The van der Waals surface area contributed by atoms with Crippen molar-refractivity contribution in [3.63, 3.8) is 0 Å². The van der Waals surface area contributed by atoms with Gasteiger partial charge < -0.3 is 5.73 Å². The highest BCUT2D eigenvalue weighted by molar-refractivity contribution is 5.70. The number of aromatic nitrogens is 1. The topological polar surface area (TPSA) is 94.3 Å². The van der Waals surface area contributed by atoms with Gasteiger partial charge in [0.25, 0.3) is 10.9 Å². The molecule has 0 aliphatic carbocycles. The van der Waals surface area contributed by atoms with E-state index in [9.17, 15) is 9.59 Å². The largest absolute Gasteiger partial charge is 0.394 e. The number of pyridine rings is 1. The molecule has 16 heavy (non-hydrogen) atoms. The number of hydrogen-bond donors (Lipinski definition) is 2. The van der Waals surface area contributed by atoms with Crippen LogP contribution in [0, 0.1) is 0 Å². The molecule has 6 nitrogen and oxygen atoms in total. The van der Waals surface area contributed by atoms with Gasteiger partial charge in [0.2, 0.25) is 0 Å². The summed E-state index contributed by atoms with van der Waals surface area (Å²) < 4.78 is 0. The average molecular weight is 219 g/mol. The predicted molar refractivity (Wildman–Crippen MR) is 58.4 cm³/mol. The minimum atomic E-state index is -0.674. The second kappa shape index (κ2) is 4.11. The molecule has 0 aliphatic heterocycles. The third-order valence-electron chi connectivity index (χ3n) is 2.08. The summed E-state index contributed by atoms with van der Waals surface area (Å²) in [5, 5.41) is 0. The van der Waals surface area contributed by atoms with Gasteiger partial charge in [-0.05, 0) is 11.6 Å². The molecule has 6 heteroatoms. The maximum atomic E-state index is 11.0. The molecular weight excluding hydrogens is 210 g/mol. The standard InChI is InChI=1S/C10H9N3O3/c11-7-8(10(15)9(7)14)13-16-5-6-2-1-3-12-4-6/h1-4,13H,5,11H2. The Morgan fingerprint density at radius 1 is 1.38 bits per heavy atom. The van der Waals surface area contributed by atoms with Crippen molar-refractivity contribution in [1.29, 1.82) is 0 Å². The zero-order chi connectivity index (χ0) is 11.5. The first-order valence-corrected chi connectivity index (χ1v) is 4.55. The van der Waals surface area contributed by atoms with Crippen LogP contribution in [-0.2, 0) is 11.4 Å². The lowest BCUT2D eigenvalue weighted by Gasteiger charge is -2.09. The molecule has 3 N–H and O–H groups in total. The highest BCUT2D eigenvalue weighted by Gasteiger charge is 2.17. The lowest BCUT2D eigenvalue weighted by atomic mass is 10.2. The quantitative estimate of drug-likeness (QED) is 0.546. The van der Waals surface area contributed by atoms with Gasteiger partial charge >= 0.3 is 0 Å². The van der Waals surface area contributed by atoms with Crippen LogP contribution >= 0.6 is 0 Å². The van der Waals surface area contributed by atoms with Crippen molar-refractivity contribution in [3.05, 3.63) is 50.5 Å². The lowest BCUT2D eigenvalue weighted by Crippen LogP contribution is -2.37. The van der Waals surface area contributed by atoms with Gasteiger partial charge in [0.05, 0.1) is 0 Å². The average Bonchev–Trinajstić information content (AvgIpc) is 2.34. The van der Waals surface area contributed by atoms with Gasteiger partial charge in [-0.3, -0.25) is 24.9 Å². The zero-order valence-electron chi connectivity index (χ0n) is 8.27. The van der Waals surface area contributed by atoms with Gasteiger partial charge in [-0.2, -0.15) is 0 Å². The predicted octanol–water partition coefficient (Wildman–Crippen LogP) is -0.197. The number of nitrogens with two attached hydrogens (primary N) is 1. The Morgan fingerprint density at radius 3 is 2.81 bits per heavy atom. The van der Waals surface area contributed by atoms with Gasteiger partial charge in [-0.25, -0.2) is 0 Å². The summed E-state index contributed by atoms with van der Waals surface area (Å²) in [5.74, 6) is 0. The number of nitrogens with zero attached hydrogens (tertiary/aromatic N) is 1. The van der Waals surface area contributed by atoms with E-state index in [0.717, 1.165) is 5.56 Å². The molecule has 1 aromatic heterocycles. The number of hydrogen-bond acceptors (Lipinski definition) is 6. The Bertz CT molecular complexity index is 558. The number of nitrogen functional groups attached to an aromatic ring is 1. The van der Waals surface area contributed by atoms with E-state index in [1.165, 1.54) is 0 Å². The smallest absolute Gasteiger partial charge is 0.255 e. The molecule has 2 aromatic rings. The fourth-order valence-corrected chi connectivity index (χ4v) is 1.19. The van der Waals surface area contributed by atoms with Crippen molar-refractivity contribution >= 4 is 11.4 Å². The SMILES string of the molecule is Nc1c(NOCc2cccnc2)c(=O)c1=O. The first kappa shape index (κ1) is 10.3. The molecule has 0 spiro atoms. The molecule has 0 aliphatic rings. The van der Waals surface area contributed by atoms with E-state index in [4.69, 9.17) is 10.6 Å². The monoisotopic (exact) mass is 219 g/mol. The van der Waals surface area contributed by atoms with Crippen LogP contribution in [0.25, 0.3) is 0 Å². The van der Waals surface area contributed by atoms with Crippen molar-refractivity contribution in [2.24, 2.45) is 0 Å². The highest BCUT2D eigenvalue weighted by atomic mass is 16.6. The van der Waals surface area contributed by atoms with Crippen molar-refractivity contribution in [2.45, 2.75) is 6.61 Å². The van der Waals surface area contributed by atoms with E-state index >= 15 is 0 Å². The van der Waals surface area contributed by atoms with Gasteiger partial charge in [-0.15, -0.1) is 0 Å². The summed E-state index contributed by atoms with van der Waals surface area (Å²) in [6, 6.07) is 3.59. The molecule has 0 unspecified atom stereocenters. The Kier molecular flexibility index (Phi) is 2.65. The summed E-state index contributed by atoms with van der Waals surface area (Å²) in [7, 11) is 0. The van der Waals surface area contributed by atoms with E-state index in [1.54, 1.807) is 18.5 Å². The minimum Gasteiger partial charge on any atom is -0.394 e. The molecule has 0 atom stereocenters. The molecule has 0 fully saturated rings. The summed E-state index contributed by atoms with van der Waals surface area (Å²) in [5.41, 5.74) is 7.10. The van der Waals surface area contributed by atoms with E-state index in [1.807, 2.05) is 6.07 Å². The summed E-state index contributed by atoms with van der Waals surface area (Å²) >= 11 is 0. The van der Waals surface area contributed by atoms with Crippen LogP contribution in [0.5, 0.6) is 0 Å². The van der Waals surface area contributed by atoms with Crippen molar-refractivity contribution < 1.29 is 4.84 Å². The van der Waals surface area contributed by atoms with Crippen LogP contribution in [0.4, 0.5) is 11.4 Å². The van der Waals surface area contributed by atoms with Gasteiger partial charge in [0.15, 0.2) is 0 Å². The maximum absolute atomic E-state index is 11.0. The first-order valence-electron chi connectivity index (χ1n) is 4.55. The maximum Gasteiger partial charge on any atom is 0.255 e. The highest BCUT2D eigenvalue weighted by Crippen LogP contribution is 2.09. The Balaban J connectivity index is 1.91. The Morgan fingerprint density at radius 2 is 2.19 bits per heavy atom. The van der Waals surface area contributed by atoms with Crippen LogP contribution in [0.3, 0.4) is 0 Å². The molecule has 0 amide bonds. The van der Waals surface area contributed by atoms with E-state index in [2.05, 4.69) is 10.5 Å². The van der Waals surface area contributed by atoms with Crippen LogP contribution < -0.4 is 22.1 Å². The summed E-state index contributed by atoms with van der Waals surface area (Å²) in [4.78, 5) is 30.6. The molecule has 1 heterocycles. The van der Waals surface area contributed by atoms with E-state index < -0.39 is 10.9 Å². The van der Waals surface area contributed by atoms with Crippen molar-refractivity contribution in [1.82, 2.24) is 4.98 Å². The van der Waals surface area contributed by atoms with Crippen LogP contribution in [0.15, 0.2) is 34.1 Å². The number of nitrogens with one attached hydrogen (secondary N) is 1. The normalized spacial score (nSPS) is 10.5. The minimum absolute atomic E-state index is 0.0221. The van der Waals surface area contributed by atoms with Crippen LogP contribution in [0.1, 0.15) is 5.56 Å². The molecule has 0 bridgehead atoms. The second-order valence-corrected chi connectivity index (χ2v) is 3.20. The van der Waals surface area contributed by atoms with Crippen LogP contribution in [-0.4, -0.2) is 4.98 Å².